The van der Waals surface area contributed by atoms with Crippen molar-refractivity contribution in [3.8, 4) is 0 Å². The van der Waals surface area contributed by atoms with Gasteiger partial charge in [0.05, 0.1) is 41.1 Å². The summed E-state index contributed by atoms with van der Waals surface area (Å²) in [7, 11) is 0. The molecule has 0 N–H and O–H groups in total. The number of para-hydroxylation sites is 3. The highest BCUT2D eigenvalue weighted by Gasteiger charge is 2.46. The Kier molecular flexibility index (Phi) is 4.26. The second-order valence-electron chi connectivity index (χ2n) is 16.4. The molecule has 2 aliphatic heterocycles. The minimum atomic E-state index is -1.99. The number of fused-ring (bicyclic) bond motifs is 6. The van der Waals surface area contributed by atoms with E-state index in [-0.39, 0.29) is 38.8 Å². The van der Waals surface area contributed by atoms with E-state index in [9.17, 15) is 21.9 Å². The predicted octanol–water partition coefficient (Wildman–Crippen LogP) is 13.9. The summed E-state index contributed by atoms with van der Waals surface area (Å²) in [6.07, 6.45) is 0. The molecule has 0 bridgehead atoms. The molecule has 0 fully saturated rings. The number of aryl methyl sites for hydroxylation is 1. The van der Waals surface area contributed by atoms with E-state index in [0.717, 1.165) is 9.80 Å². The standard InChI is InChI=1S/C58H50BN3O/c1-39-35-51-55-52(36-39)62(45-25-17-10-18-26-45)56-54(48-37-42(57(2,3)4)29-34-53(48)63-56)59(55)49-33-32-47(60(43-21-13-8-14-22-43)44-23-15-9-16-24-44)38-50(49)61(51)46-30-27-41(28-31-46)58(5,6)40-19-11-7-12-20-40/h7-38H,1-6H3/i7D,8D,9D,10D,11D,12D,13D,14D,15D,16D,17D,18D,19D,20D,21D,22D,23D,24D,25D,26D,27D,28D,29D,30D,31D,32D,33D,34D,37D,38D. The van der Waals surface area contributed by atoms with Crippen LogP contribution in [-0.4, -0.2) is 6.71 Å². The molecule has 0 radical (unpaired) electrons. The van der Waals surface area contributed by atoms with Gasteiger partial charge in [0.1, 0.15) is 5.58 Å². The van der Waals surface area contributed by atoms with E-state index < -0.39 is 261 Å². The first-order chi connectivity index (χ1) is 43.0. The molecule has 0 aliphatic carbocycles. The van der Waals surface area contributed by atoms with Gasteiger partial charge in [0, 0.05) is 61.8 Å². The first-order valence-electron chi connectivity index (χ1n) is 34.7. The summed E-state index contributed by atoms with van der Waals surface area (Å²) in [5, 5.41) is -0.264. The minimum Gasteiger partial charge on any atom is -0.440 e. The van der Waals surface area contributed by atoms with Crippen molar-refractivity contribution in [2.24, 2.45) is 0 Å². The zero-order valence-corrected chi connectivity index (χ0v) is 34.5. The molecule has 2 aliphatic rings. The van der Waals surface area contributed by atoms with E-state index in [0.29, 0.717) is 4.90 Å². The number of anilines is 9. The van der Waals surface area contributed by atoms with Crippen LogP contribution in [0.25, 0.3) is 11.0 Å². The average molecular weight is 846 g/mol. The summed E-state index contributed by atoms with van der Waals surface area (Å²) in [5.74, 6) is -0.477. The van der Waals surface area contributed by atoms with Gasteiger partial charge in [0.15, 0.2) is 0 Å². The van der Waals surface area contributed by atoms with Crippen LogP contribution in [0, 0.1) is 6.92 Å². The molecule has 0 amide bonds. The van der Waals surface area contributed by atoms with Crippen LogP contribution in [0.4, 0.5) is 51.4 Å². The summed E-state index contributed by atoms with van der Waals surface area (Å²) in [4.78, 5) is 2.53. The van der Waals surface area contributed by atoms with Crippen molar-refractivity contribution in [1.82, 2.24) is 0 Å². The summed E-state index contributed by atoms with van der Waals surface area (Å²) in [6.45, 7) is 7.33. The van der Waals surface area contributed by atoms with Crippen molar-refractivity contribution < 1.29 is 45.5 Å². The monoisotopic (exact) mass is 846 g/mol. The molecule has 63 heavy (non-hydrogen) atoms. The summed E-state index contributed by atoms with van der Waals surface area (Å²) < 4.78 is 285. The van der Waals surface area contributed by atoms with E-state index >= 15 is 0 Å². The van der Waals surface area contributed by atoms with Crippen LogP contribution in [0.3, 0.4) is 0 Å². The normalized spacial score (nSPS) is 19.8. The maximum Gasteiger partial charge on any atom is 0.257 e. The van der Waals surface area contributed by atoms with Gasteiger partial charge < -0.3 is 14.2 Å². The molecule has 0 saturated heterocycles. The number of rotatable bonds is 7. The molecular weight excluding hydrogens is 765 g/mol. The molecule has 11 rings (SSSR count). The molecule has 5 heteroatoms. The lowest BCUT2D eigenvalue weighted by molar-refractivity contribution is 0.589. The Morgan fingerprint density at radius 1 is 0.508 bits per heavy atom. The Morgan fingerprint density at radius 3 is 1.67 bits per heavy atom. The van der Waals surface area contributed by atoms with E-state index in [1.807, 2.05) is 0 Å². The largest absolute Gasteiger partial charge is 0.440 e. The van der Waals surface area contributed by atoms with Crippen LogP contribution in [0.2, 0.25) is 0 Å². The molecule has 4 nitrogen and oxygen atoms in total. The molecular formula is C58H50BN3O. The Labute approximate surface area is 413 Å². The van der Waals surface area contributed by atoms with E-state index in [1.54, 1.807) is 20.8 Å². The second-order valence-corrected chi connectivity index (χ2v) is 16.4. The Morgan fingerprint density at radius 2 is 1.05 bits per heavy atom. The molecule has 1 aromatic heterocycles. The van der Waals surface area contributed by atoms with Crippen molar-refractivity contribution in [3.63, 3.8) is 0 Å². The highest BCUT2D eigenvalue weighted by Crippen LogP contribution is 2.48. The smallest absolute Gasteiger partial charge is 0.257 e. The lowest BCUT2D eigenvalue weighted by atomic mass is 9.33. The van der Waals surface area contributed by atoms with Crippen LogP contribution in [0.1, 0.15) is 98.0 Å². The minimum absolute atomic E-state index is 0.0301. The Bertz CT molecular complexity index is 4730. The molecule has 0 spiro atoms. The van der Waals surface area contributed by atoms with Crippen LogP contribution in [-0.2, 0) is 10.8 Å². The molecule has 3 heterocycles. The van der Waals surface area contributed by atoms with E-state index in [4.69, 9.17) is 23.6 Å². The van der Waals surface area contributed by atoms with Crippen LogP contribution in [0.5, 0.6) is 0 Å². The topological polar surface area (TPSA) is 22.9 Å². The molecule has 0 saturated carbocycles. The Hall–Kier alpha value is -7.24. The SMILES string of the molecule is [2H]c1c([2H])c([2H])c(N2c3cc(C)cc4c3B(c3c([2H])c([2H])c(N(c5c([2H])c([2H])c([2H])c([2H])c5[2H])c5c([2H])c([2H])c([2H])c([2H])c5[2H])c([2H])c3N4c3c([2H])c([2H])c(C(C)(C)c4c([2H])c([2H])c([2H])c([2H])c4[2H])c([2H])c3[2H])c3c2oc2c([2H])c([2H])c(C(C)(C)C)c([2H])c32)c([2H])c1[2H]. The maximum absolute atomic E-state index is 10.8. The second kappa shape index (κ2) is 14.7. The van der Waals surface area contributed by atoms with Gasteiger partial charge >= 0.3 is 0 Å². The average Bonchev–Trinajstić information content (AvgIpc) is 1.67. The van der Waals surface area contributed by atoms with E-state index in [1.165, 1.54) is 32.9 Å². The van der Waals surface area contributed by atoms with Gasteiger partial charge in [-0.2, -0.15) is 0 Å². The third-order valence-electron chi connectivity index (χ3n) is 11.0. The van der Waals surface area contributed by atoms with Crippen molar-refractivity contribution in [2.45, 2.75) is 52.4 Å². The van der Waals surface area contributed by atoms with Crippen molar-refractivity contribution >= 4 is 85.5 Å². The number of hydrogen-bond donors (Lipinski definition) is 0. The van der Waals surface area contributed by atoms with Crippen molar-refractivity contribution in [3.05, 3.63) is 216 Å². The van der Waals surface area contributed by atoms with Crippen molar-refractivity contribution in [1.29, 1.82) is 0 Å². The molecule has 8 aromatic carbocycles. The molecule has 9 aromatic rings. The summed E-state index contributed by atoms with van der Waals surface area (Å²) in [6, 6.07) is -24.3. The zero-order chi connectivity index (χ0) is 69.1. The third-order valence-corrected chi connectivity index (χ3v) is 11.0. The van der Waals surface area contributed by atoms with E-state index in [2.05, 4.69) is 0 Å². The maximum atomic E-state index is 10.8. The summed E-state index contributed by atoms with van der Waals surface area (Å²) in [5.41, 5.74) is -10.9. The molecule has 0 atom stereocenters. The first-order valence-corrected chi connectivity index (χ1v) is 19.7. The highest BCUT2D eigenvalue weighted by atomic mass is 16.4. The van der Waals surface area contributed by atoms with Crippen molar-refractivity contribution in [2.75, 3.05) is 14.7 Å². The molecule has 0 unspecified atom stereocenters. The quantitative estimate of drug-likeness (QED) is 0.149. The number of nitrogens with zero attached hydrogens (tertiary/aromatic N) is 3. The summed E-state index contributed by atoms with van der Waals surface area (Å²) >= 11 is 0. The number of hydrogen-bond acceptors (Lipinski definition) is 4. The number of benzene rings is 8. The van der Waals surface area contributed by atoms with Gasteiger partial charge in [-0.3, -0.25) is 4.90 Å². The van der Waals surface area contributed by atoms with Gasteiger partial charge in [-0.25, -0.2) is 0 Å². The van der Waals surface area contributed by atoms with Gasteiger partial charge in [-0.15, -0.1) is 0 Å². The lowest BCUT2D eigenvalue weighted by Gasteiger charge is -2.43. The Balaban J connectivity index is 1.41. The van der Waals surface area contributed by atoms with Crippen LogP contribution < -0.4 is 31.1 Å². The number of furan rings is 1. The van der Waals surface area contributed by atoms with Crippen LogP contribution in [0.15, 0.2) is 198 Å². The first kappa shape index (κ1) is 18.2. The van der Waals surface area contributed by atoms with Gasteiger partial charge in [0.2, 0.25) is 5.88 Å². The fourth-order valence-corrected chi connectivity index (χ4v) is 7.98. The predicted molar refractivity (Wildman–Crippen MR) is 267 cm³/mol. The highest BCUT2D eigenvalue weighted by molar-refractivity contribution is 7.01. The van der Waals surface area contributed by atoms with Gasteiger partial charge in [-0.1, -0.05) is 143 Å². The fraction of sp³-hybridized carbons (Fsp3) is 0.138. The van der Waals surface area contributed by atoms with Gasteiger partial charge in [-0.05, 0) is 130 Å². The molecule has 306 valence electrons. The van der Waals surface area contributed by atoms with Gasteiger partial charge in [0.25, 0.3) is 6.71 Å². The zero-order valence-electron chi connectivity index (χ0n) is 64.5. The van der Waals surface area contributed by atoms with Crippen LogP contribution >= 0.6 is 0 Å². The fourth-order valence-electron chi connectivity index (χ4n) is 7.98. The lowest BCUT2D eigenvalue weighted by Crippen LogP contribution is -2.61. The third kappa shape index (κ3) is 6.37.